The number of aliphatic hydroxyl groups is 4. The maximum Gasteiger partial charge on any atom is 0.184 e. The van der Waals surface area contributed by atoms with Crippen LogP contribution >= 0.6 is 0 Å². The predicted octanol–water partition coefficient (Wildman–Crippen LogP) is -2.62. The number of Topliss-reactive ketones (excluding diaryl/α,β-unsaturated/α-hetero) is 1. The van der Waals surface area contributed by atoms with Crippen molar-refractivity contribution in [3.63, 3.8) is 0 Å². The fourth-order valence-electron chi connectivity index (χ4n) is 1.20. The third kappa shape index (κ3) is 1.87. The standard InChI is InChI=1S/C7H12O6/c1-2(8)6-4(10)3(9)5(11)7(12)13-6/h3-7,9-12H,1H3/t3-,4-,5+,6-,7-/m0/s1. The summed E-state index contributed by atoms with van der Waals surface area (Å²) in [6, 6.07) is 0. The zero-order valence-corrected chi connectivity index (χ0v) is 6.99. The van der Waals surface area contributed by atoms with E-state index in [9.17, 15) is 9.90 Å². The molecule has 0 saturated carbocycles. The summed E-state index contributed by atoms with van der Waals surface area (Å²) in [5.74, 6) is -0.516. The molecule has 0 aromatic carbocycles. The van der Waals surface area contributed by atoms with Gasteiger partial charge in [0, 0.05) is 0 Å². The minimum absolute atomic E-state index is 0.516. The van der Waals surface area contributed by atoms with E-state index in [0.29, 0.717) is 0 Å². The average molecular weight is 192 g/mol. The molecular formula is C7H12O6. The Bertz CT molecular complexity index is 205. The molecule has 0 amide bonds. The molecule has 76 valence electrons. The minimum atomic E-state index is -1.65. The van der Waals surface area contributed by atoms with E-state index in [0.717, 1.165) is 6.92 Å². The van der Waals surface area contributed by atoms with E-state index < -0.39 is 36.5 Å². The molecule has 0 bridgehead atoms. The summed E-state index contributed by atoms with van der Waals surface area (Å²) >= 11 is 0. The highest BCUT2D eigenvalue weighted by molar-refractivity contribution is 5.81. The minimum Gasteiger partial charge on any atom is -0.387 e. The maximum absolute atomic E-state index is 10.8. The Balaban J connectivity index is 2.76. The molecule has 4 N–H and O–H groups in total. The van der Waals surface area contributed by atoms with Gasteiger partial charge in [0.1, 0.15) is 24.4 Å². The van der Waals surface area contributed by atoms with Crippen LogP contribution in [0.4, 0.5) is 0 Å². The molecular weight excluding hydrogens is 180 g/mol. The summed E-state index contributed by atoms with van der Waals surface area (Å²) in [5, 5.41) is 36.4. The molecule has 1 aliphatic rings. The Kier molecular flexibility index (Phi) is 2.99. The molecule has 0 radical (unpaired) electrons. The number of carbonyl (C=O) groups is 1. The molecule has 0 aliphatic carbocycles. The van der Waals surface area contributed by atoms with E-state index in [2.05, 4.69) is 4.74 Å². The van der Waals surface area contributed by atoms with E-state index in [4.69, 9.17) is 15.3 Å². The average Bonchev–Trinajstić information content (AvgIpc) is 2.07. The molecule has 13 heavy (non-hydrogen) atoms. The zero-order valence-electron chi connectivity index (χ0n) is 6.99. The maximum atomic E-state index is 10.8. The molecule has 1 saturated heterocycles. The topological polar surface area (TPSA) is 107 Å². The molecule has 0 aromatic rings. The number of rotatable bonds is 1. The summed E-state index contributed by atoms with van der Waals surface area (Å²) in [5.41, 5.74) is 0. The second-order valence-corrected chi connectivity index (χ2v) is 3.03. The number of hydrogen-bond acceptors (Lipinski definition) is 6. The van der Waals surface area contributed by atoms with Gasteiger partial charge in [-0.3, -0.25) is 4.79 Å². The van der Waals surface area contributed by atoms with Gasteiger partial charge in [-0.05, 0) is 6.92 Å². The lowest BCUT2D eigenvalue weighted by molar-refractivity contribution is -0.274. The van der Waals surface area contributed by atoms with Gasteiger partial charge in [0.2, 0.25) is 0 Å². The van der Waals surface area contributed by atoms with E-state index in [1.165, 1.54) is 0 Å². The van der Waals surface area contributed by atoms with Crippen molar-refractivity contribution in [3.05, 3.63) is 0 Å². The number of ether oxygens (including phenoxy) is 1. The number of aliphatic hydroxyl groups excluding tert-OH is 4. The molecule has 6 heteroatoms. The van der Waals surface area contributed by atoms with Crippen molar-refractivity contribution in [2.45, 2.75) is 37.6 Å². The quantitative estimate of drug-likeness (QED) is 0.362. The Labute approximate surface area is 74.4 Å². The summed E-state index contributed by atoms with van der Waals surface area (Å²) in [4.78, 5) is 10.8. The molecule has 1 rings (SSSR count). The molecule has 1 aliphatic heterocycles. The Morgan fingerprint density at radius 2 is 1.62 bits per heavy atom. The second-order valence-electron chi connectivity index (χ2n) is 3.03. The van der Waals surface area contributed by atoms with Gasteiger partial charge in [-0.25, -0.2) is 0 Å². The van der Waals surface area contributed by atoms with Crippen LogP contribution in [0.1, 0.15) is 6.92 Å². The highest BCUT2D eigenvalue weighted by atomic mass is 16.6. The van der Waals surface area contributed by atoms with Crippen LogP contribution in [0.3, 0.4) is 0 Å². The monoisotopic (exact) mass is 192 g/mol. The van der Waals surface area contributed by atoms with Crippen LogP contribution in [-0.2, 0) is 9.53 Å². The fraction of sp³-hybridized carbons (Fsp3) is 0.857. The first-order valence-electron chi connectivity index (χ1n) is 3.83. The number of hydrogen-bond donors (Lipinski definition) is 4. The second kappa shape index (κ2) is 3.69. The Hall–Kier alpha value is -0.530. The molecule has 0 aromatic heterocycles. The highest BCUT2D eigenvalue weighted by Gasteiger charge is 2.44. The van der Waals surface area contributed by atoms with Gasteiger partial charge < -0.3 is 25.2 Å². The van der Waals surface area contributed by atoms with Gasteiger partial charge in [-0.1, -0.05) is 0 Å². The molecule has 6 nitrogen and oxygen atoms in total. The van der Waals surface area contributed by atoms with E-state index in [-0.39, 0.29) is 0 Å². The Morgan fingerprint density at radius 3 is 2.08 bits per heavy atom. The molecule has 0 unspecified atom stereocenters. The Morgan fingerprint density at radius 1 is 1.08 bits per heavy atom. The summed E-state index contributed by atoms with van der Waals surface area (Å²) in [6.07, 6.45) is -7.60. The van der Waals surface area contributed by atoms with Crippen LogP contribution in [0.15, 0.2) is 0 Å². The van der Waals surface area contributed by atoms with Gasteiger partial charge >= 0.3 is 0 Å². The summed E-state index contributed by atoms with van der Waals surface area (Å²) in [6.45, 7) is 1.16. The zero-order chi connectivity index (χ0) is 10.2. The molecule has 1 heterocycles. The summed E-state index contributed by atoms with van der Waals surface area (Å²) < 4.78 is 4.59. The van der Waals surface area contributed by atoms with Gasteiger partial charge in [-0.15, -0.1) is 0 Å². The normalized spacial score (nSPS) is 46.1. The van der Waals surface area contributed by atoms with Crippen LogP contribution < -0.4 is 0 Å². The van der Waals surface area contributed by atoms with Crippen molar-refractivity contribution in [2.75, 3.05) is 0 Å². The first-order chi connectivity index (χ1) is 5.95. The SMILES string of the molecule is CC(=O)[C@@H]1O[C@H](O)[C@H](O)[C@@H](O)[C@@H]1O. The van der Waals surface area contributed by atoms with E-state index in [1.54, 1.807) is 0 Å². The smallest absolute Gasteiger partial charge is 0.184 e. The largest absolute Gasteiger partial charge is 0.387 e. The van der Waals surface area contributed by atoms with Crippen LogP contribution in [-0.4, -0.2) is 56.9 Å². The van der Waals surface area contributed by atoms with Gasteiger partial charge in [-0.2, -0.15) is 0 Å². The lowest BCUT2D eigenvalue weighted by Gasteiger charge is -2.37. The van der Waals surface area contributed by atoms with E-state index in [1.807, 2.05) is 0 Å². The van der Waals surface area contributed by atoms with E-state index >= 15 is 0 Å². The van der Waals surface area contributed by atoms with Crippen molar-refractivity contribution in [1.29, 1.82) is 0 Å². The predicted molar refractivity (Wildman–Crippen MR) is 39.6 cm³/mol. The summed E-state index contributed by atoms with van der Waals surface area (Å²) in [7, 11) is 0. The third-order valence-corrected chi connectivity index (χ3v) is 1.99. The van der Waals surface area contributed by atoms with Gasteiger partial charge in [0.05, 0.1) is 0 Å². The van der Waals surface area contributed by atoms with Crippen molar-refractivity contribution in [3.8, 4) is 0 Å². The van der Waals surface area contributed by atoms with Gasteiger partial charge in [0.25, 0.3) is 0 Å². The molecule has 5 atom stereocenters. The number of carbonyl (C=O) groups excluding carboxylic acids is 1. The highest BCUT2D eigenvalue weighted by Crippen LogP contribution is 2.20. The fourth-order valence-corrected chi connectivity index (χ4v) is 1.20. The number of ketones is 1. The lowest BCUT2D eigenvalue weighted by Crippen LogP contribution is -2.59. The van der Waals surface area contributed by atoms with Crippen molar-refractivity contribution in [1.82, 2.24) is 0 Å². The lowest BCUT2D eigenvalue weighted by atomic mass is 9.97. The van der Waals surface area contributed by atoms with Crippen LogP contribution in [0.25, 0.3) is 0 Å². The van der Waals surface area contributed by atoms with Crippen molar-refractivity contribution < 1.29 is 30.0 Å². The molecule has 1 fully saturated rings. The van der Waals surface area contributed by atoms with Crippen molar-refractivity contribution in [2.24, 2.45) is 0 Å². The van der Waals surface area contributed by atoms with Gasteiger partial charge in [0.15, 0.2) is 12.1 Å². The van der Waals surface area contributed by atoms with Crippen LogP contribution in [0.2, 0.25) is 0 Å². The van der Waals surface area contributed by atoms with Crippen molar-refractivity contribution >= 4 is 5.78 Å². The van der Waals surface area contributed by atoms with Crippen LogP contribution in [0.5, 0.6) is 0 Å². The van der Waals surface area contributed by atoms with Crippen LogP contribution in [0, 0.1) is 0 Å². The molecule has 0 spiro atoms. The third-order valence-electron chi connectivity index (χ3n) is 1.99. The first-order valence-corrected chi connectivity index (χ1v) is 3.83. The first kappa shape index (κ1) is 10.6.